The van der Waals surface area contributed by atoms with Crippen LogP contribution in [0.3, 0.4) is 0 Å². The Balaban J connectivity index is 1.87. The molecule has 1 unspecified atom stereocenters. The quantitative estimate of drug-likeness (QED) is 0.305. The molecule has 8 nitrogen and oxygen atoms in total. The number of aromatic nitrogens is 1. The number of anilines is 2. The average molecular weight is 539 g/mol. The molecule has 1 aliphatic heterocycles. The molecule has 1 aromatic heterocycles. The molecule has 10 heteroatoms. The number of pyridine rings is 1. The van der Waals surface area contributed by atoms with Crippen molar-refractivity contribution >= 4 is 41.7 Å². The Morgan fingerprint density at radius 2 is 1.82 bits per heavy atom. The summed E-state index contributed by atoms with van der Waals surface area (Å²) in [5.41, 5.74) is 8.88. The van der Waals surface area contributed by atoms with Crippen molar-refractivity contribution in [1.82, 2.24) is 21.0 Å². The molecular formula is C29H32BClN8. The van der Waals surface area contributed by atoms with Gasteiger partial charge in [-0.3, -0.25) is 9.99 Å². The first kappa shape index (κ1) is 28.1. The van der Waals surface area contributed by atoms with E-state index in [-0.39, 0.29) is 11.0 Å². The van der Waals surface area contributed by atoms with Gasteiger partial charge in [0.25, 0.3) is 0 Å². The molecule has 0 spiro atoms. The Labute approximate surface area is 236 Å². The Morgan fingerprint density at radius 3 is 2.44 bits per heavy atom. The Hall–Kier alpha value is -3.92. The topological polar surface area (TPSA) is 112 Å². The Kier molecular flexibility index (Phi) is 7.45. The first-order valence-electron chi connectivity index (χ1n) is 12.6. The number of hydrazine groups is 2. The number of rotatable bonds is 6. The molecule has 0 aliphatic carbocycles. The summed E-state index contributed by atoms with van der Waals surface area (Å²) >= 11 is 6.74. The fourth-order valence-electron chi connectivity index (χ4n) is 4.19. The van der Waals surface area contributed by atoms with Crippen molar-refractivity contribution in [3.05, 3.63) is 76.2 Å². The summed E-state index contributed by atoms with van der Waals surface area (Å²) in [6, 6.07) is 15.2. The molecule has 0 saturated carbocycles. The van der Waals surface area contributed by atoms with Crippen LogP contribution in [0.4, 0.5) is 11.4 Å². The van der Waals surface area contributed by atoms with Crippen molar-refractivity contribution in [3.63, 3.8) is 0 Å². The third-order valence-corrected chi connectivity index (χ3v) is 6.63. The standard InChI is InChI=1S/C29H32BClN8/c1-27(2,3)17-35-25-19(14-33)15-34-26-22(25)11-21(12-23(26)31)36-29(30,20-9-7-8-18(10-20)13-32)24-16-39(38-37-24)28(4,5)6/h7-12,15-16,36-38H,17H2,1-6H3,(H,34,35). The maximum Gasteiger partial charge on any atom is 0.119 e. The third kappa shape index (κ3) is 5.91. The highest BCUT2D eigenvalue weighted by molar-refractivity contribution is 6.36. The number of nitrogens with zero attached hydrogens (tertiary/aromatic N) is 4. The van der Waals surface area contributed by atoms with Crippen LogP contribution in [-0.4, -0.2) is 29.9 Å². The summed E-state index contributed by atoms with van der Waals surface area (Å²) in [6.07, 6.45) is 3.44. The monoisotopic (exact) mass is 538 g/mol. The van der Waals surface area contributed by atoms with Crippen molar-refractivity contribution in [3.8, 4) is 12.1 Å². The minimum atomic E-state index is -1.28. The summed E-state index contributed by atoms with van der Waals surface area (Å²) in [6.45, 7) is 13.2. The van der Waals surface area contributed by atoms with Crippen molar-refractivity contribution in [2.75, 3.05) is 17.2 Å². The summed E-state index contributed by atoms with van der Waals surface area (Å²) < 4.78 is 0. The maximum absolute atomic E-state index is 9.81. The lowest BCUT2D eigenvalue weighted by Crippen LogP contribution is -2.49. The number of nitrogens with one attached hydrogen (secondary N) is 4. The van der Waals surface area contributed by atoms with E-state index >= 15 is 0 Å². The molecule has 2 radical (unpaired) electrons. The van der Waals surface area contributed by atoms with E-state index in [1.54, 1.807) is 24.3 Å². The van der Waals surface area contributed by atoms with Gasteiger partial charge in [-0.15, -0.1) is 5.53 Å². The summed E-state index contributed by atoms with van der Waals surface area (Å²) in [4.78, 5) is 4.46. The zero-order valence-electron chi connectivity index (χ0n) is 23.1. The van der Waals surface area contributed by atoms with Gasteiger partial charge >= 0.3 is 0 Å². The van der Waals surface area contributed by atoms with E-state index < -0.39 is 5.44 Å². The highest BCUT2D eigenvalue weighted by atomic mass is 35.5. The van der Waals surface area contributed by atoms with E-state index in [9.17, 15) is 10.5 Å². The third-order valence-electron chi connectivity index (χ3n) is 6.35. The van der Waals surface area contributed by atoms with Crippen LogP contribution >= 0.6 is 11.6 Å². The van der Waals surface area contributed by atoms with E-state index in [4.69, 9.17) is 19.4 Å². The first-order valence-corrected chi connectivity index (χ1v) is 13.0. The highest BCUT2D eigenvalue weighted by Crippen LogP contribution is 2.38. The number of hydrogen-bond donors (Lipinski definition) is 4. The van der Waals surface area contributed by atoms with Crippen LogP contribution in [0.15, 0.2) is 54.5 Å². The average Bonchev–Trinajstić information content (AvgIpc) is 3.39. The van der Waals surface area contributed by atoms with Crippen LogP contribution in [0.5, 0.6) is 0 Å². The van der Waals surface area contributed by atoms with Crippen molar-refractivity contribution < 1.29 is 0 Å². The highest BCUT2D eigenvalue weighted by Gasteiger charge is 2.36. The predicted octanol–water partition coefficient (Wildman–Crippen LogP) is 5.49. The SMILES string of the molecule is [B]C(Nc1cc(Cl)c2ncc(C#N)c(NCC(C)(C)C)c2c1)(C1=CN(C(C)(C)C)NN1)c1cccc(C#N)c1. The smallest absolute Gasteiger partial charge is 0.119 e. The van der Waals surface area contributed by atoms with Crippen molar-refractivity contribution in [2.45, 2.75) is 52.5 Å². The fourth-order valence-corrected chi connectivity index (χ4v) is 4.46. The molecule has 0 bridgehead atoms. The second kappa shape index (κ2) is 10.3. The molecule has 2 heterocycles. The molecule has 4 N–H and O–H groups in total. The number of nitriles is 2. The lowest BCUT2D eigenvalue weighted by molar-refractivity contribution is 0.138. The first-order chi connectivity index (χ1) is 18.2. The zero-order valence-corrected chi connectivity index (χ0v) is 23.8. The number of benzene rings is 2. The van der Waals surface area contributed by atoms with Gasteiger partial charge in [0.2, 0.25) is 0 Å². The summed E-state index contributed by atoms with van der Waals surface area (Å²) in [5, 5.41) is 29.3. The minimum absolute atomic E-state index is 0.0211. The van der Waals surface area contributed by atoms with E-state index in [0.29, 0.717) is 56.2 Å². The van der Waals surface area contributed by atoms with Crippen LogP contribution < -0.4 is 21.6 Å². The number of fused-ring (bicyclic) bond motifs is 1. The summed E-state index contributed by atoms with van der Waals surface area (Å²) in [7, 11) is 7.15. The van der Waals surface area contributed by atoms with Crippen LogP contribution in [-0.2, 0) is 5.44 Å². The molecule has 0 saturated heterocycles. The van der Waals surface area contributed by atoms with Crippen LogP contribution in [0.1, 0.15) is 58.2 Å². The van der Waals surface area contributed by atoms with Crippen LogP contribution in [0.2, 0.25) is 5.02 Å². The van der Waals surface area contributed by atoms with Gasteiger partial charge in [-0.1, -0.05) is 44.5 Å². The lowest BCUT2D eigenvalue weighted by atomic mass is 9.69. The van der Waals surface area contributed by atoms with Gasteiger partial charge in [0.05, 0.1) is 44.6 Å². The van der Waals surface area contributed by atoms with Gasteiger partial charge in [0.15, 0.2) is 0 Å². The lowest BCUT2D eigenvalue weighted by Gasteiger charge is -2.34. The predicted molar refractivity (Wildman–Crippen MR) is 158 cm³/mol. The molecule has 1 atom stereocenters. The summed E-state index contributed by atoms with van der Waals surface area (Å²) in [5.74, 6) is 0. The Bertz CT molecular complexity index is 1520. The number of hydrogen-bond acceptors (Lipinski definition) is 8. The van der Waals surface area contributed by atoms with Gasteiger partial charge in [0.1, 0.15) is 13.9 Å². The van der Waals surface area contributed by atoms with Gasteiger partial charge in [-0.2, -0.15) is 10.5 Å². The Morgan fingerprint density at radius 1 is 1.08 bits per heavy atom. The molecule has 2 aromatic carbocycles. The van der Waals surface area contributed by atoms with Crippen molar-refractivity contribution in [1.29, 1.82) is 10.5 Å². The second-order valence-electron chi connectivity index (χ2n) is 11.9. The molecule has 39 heavy (non-hydrogen) atoms. The fraction of sp³-hybridized carbons (Fsp3) is 0.345. The van der Waals surface area contributed by atoms with E-state index in [2.05, 4.69) is 80.3 Å². The molecule has 1 aliphatic rings. The van der Waals surface area contributed by atoms with Gasteiger partial charge < -0.3 is 16.1 Å². The zero-order chi connectivity index (χ0) is 28.6. The van der Waals surface area contributed by atoms with E-state index in [1.165, 1.54) is 6.20 Å². The molecule has 198 valence electrons. The van der Waals surface area contributed by atoms with E-state index in [1.807, 2.05) is 23.3 Å². The second-order valence-corrected chi connectivity index (χ2v) is 12.3. The maximum atomic E-state index is 9.81. The van der Waals surface area contributed by atoms with Gasteiger partial charge in [-0.25, -0.2) is 0 Å². The minimum Gasteiger partial charge on any atom is -0.383 e. The van der Waals surface area contributed by atoms with Crippen LogP contribution in [0, 0.1) is 28.1 Å². The van der Waals surface area contributed by atoms with Gasteiger partial charge in [-0.05, 0) is 56.0 Å². The van der Waals surface area contributed by atoms with E-state index in [0.717, 1.165) is 0 Å². The molecular weight excluding hydrogens is 507 g/mol. The molecule has 3 aromatic rings. The van der Waals surface area contributed by atoms with Crippen LogP contribution in [0.25, 0.3) is 10.9 Å². The van der Waals surface area contributed by atoms with Crippen molar-refractivity contribution in [2.24, 2.45) is 5.41 Å². The largest absolute Gasteiger partial charge is 0.383 e. The molecule has 0 amide bonds. The number of halogens is 1. The molecule has 4 rings (SSSR count). The normalized spacial score (nSPS) is 15.1. The van der Waals surface area contributed by atoms with Gasteiger partial charge in [0, 0.05) is 35.6 Å². The molecule has 0 fully saturated rings.